The van der Waals surface area contributed by atoms with Crippen molar-refractivity contribution in [2.24, 2.45) is 0 Å². The third-order valence-electron chi connectivity index (χ3n) is 2.78. The van der Waals surface area contributed by atoms with Crippen LogP contribution in [0.2, 0.25) is 0 Å². The summed E-state index contributed by atoms with van der Waals surface area (Å²) in [7, 11) is 1.90. The summed E-state index contributed by atoms with van der Waals surface area (Å²) in [5.41, 5.74) is 1.90. The van der Waals surface area contributed by atoms with E-state index in [9.17, 15) is 10.1 Å². The molecule has 2 rings (SSSR count). The average Bonchev–Trinajstić information content (AvgIpc) is 2.39. The molecule has 0 aromatic carbocycles. The van der Waals surface area contributed by atoms with Crippen LogP contribution >= 0.6 is 0 Å². The topological polar surface area (TPSA) is 72.2 Å². The Morgan fingerprint density at radius 1 is 1.37 bits per heavy atom. The fraction of sp³-hybridized carbons (Fsp3) is 0.231. The molecule has 0 aliphatic heterocycles. The average molecular weight is 258 g/mol. The number of rotatable bonds is 4. The highest BCUT2D eigenvalue weighted by Gasteiger charge is 2.12. The van der Waals surface area contributed by atoms with Gasteiger partial charge < -0.3 is 4.90 Å². The number of aryl methyl sites for hydroxylation is 1. The van der Waals surface area contributed by atoms with Crippen LogP contribution in [-0.2, 0) is 6.54 Å². The molecule has 2 heterocycles. The van der Waals surface area contributed by atoms with Gasteiger partial charge in [0.2, 0.25) is 0 Å². The molecular formula is C13H14N4O2. The van der Waals surface area contributed by atoms with Gasteiger partial charge in [-0.05, 0) is 30.2 Å². The van der Waals surface area contributed by atoms with Crippen molar-refractivity contribution >= 4 is 11.5 Å². The maximum atomic E-state index is 10.7. The summed E-state index contributed by atoms with van der Waals surface area (Å²) in [4.78, 5) is 20.3. The van der Waals surface area contributed by atoms with Gasteiger partial charge in [-0.3, -0.25) is 15.1 Å². The molecule has 6 heteroatoms. The molecular weight excluding hydrogens is 244 g/mol. The first-order chi connectivity index (χ1) is 9.08. The molecule has 0 unspecified atom stereocenters. The lowest BCUT2D eigenvalue weighted by atomic mass is 10.2. The fourth-order valence-electron chi connectivity index (χ4n) is 1.89. The van der Waals surface area contributed by atoms with Crippen molar-refractivity contribution in [1.82, 2.24) is 9.97 Å². The molecule has 0 fully saturated rings. The molecule has 0 spiro atoms. The third-order valence-corrected chi connectivity index (χ3v) is 2.78. The standard InChI is InChI=1S/C13H14N4O2/c1-10-7-12(17(18)19)8-15-13(10)16(2)9-11-3-5-14-6-4-11/h3-8H,9H2,1-2H3. The molecule has 2 aromatic heterocycles. The number of anilines is 1. The Morgan fingerprint density at radius 3 is 2.63 bits per heavy atom. The summed E-state index contributed by atoms with van der Waals surface area (Å²) < 4.78 is 0. The Hall–Kier alpha value is -2.50. The molecule has 0 saturated heterocycles. The van der Waals surface area contributed by atoms with E-state index in [0.717, 1.165) is 16.9 Å². The summed E-state index contributed by atoms with van der Waals surface area (Å²) in [5, 5.41) is 10.7. The van der Waals surface area contributed by atoms with Gasteiger partial charge in [-0.25, -0.2) is 4.98 Å². The van der Waals surface area contributed by atoms with Gasteiger partial charge in [0.25, 0.3) is 5.69 Å². The van der Waals surface area contributed by atoms with Gasteiger partial charge in [-0.15, -0.1) is 0 Å². The van der Waals surface area contributed by atoms with Crippen LogP contribution in [0.5, 0.6) is 0 Å². The molecule has 6 nitrogen and oxygen atoms in total. The zero-order valence-corrected chi connectivity index (χ0v) is 10.8. The van der Waals surface area contributed by atoms with Crippen molar-refractivity contribution in [3.05, 3.63) is 58.0 Å². The zero-order chi connectivity index (χ0) is 13.8. The van der Waals surface area contributed by atoms with Crippen molar-refractivity contribution in [3.8, 4) is 0 Å². The van der Waals surface area contributed by atoms with Crippen LogP contribution in [0.15, 0.2) is 36.8 Å². The molecule has 0 bridgehead atoms. The summed E-state index contributed by atoms with van der Waals surface area (Å²) in [6.45, 7) is 2.49. The van der Waals surface area contributed by atoms with E-state index in [1.807, 2.05) is 31.0 Å². The zero-order valence-electron chi connectivity index (χ0n) is 10.8. The highest BCUT2D eigenvalue weighted by molar-refractivity contribution is 5.50. The van der Waals surface area contributed by atoms with Crippen LogP contribution in [-0.4, -0.2) is 21.9 Å². The summed E-state index contributed by atoms with van der Waals surface area (Å²) in [5.74, 6) is 0.738. The van der Waals surface area contributed by atoms with E-state index in [2.05, 4.69) is 9.97 Å². The molecule has 0 saturated carbocycles. The summed E-state index contributed by atoms with van der Waals surface area (Å²) in [6, 6.07) is 5.39. The maximum absolute atomic E-state index is 10.7. The molecule has 0 aliphatic carbocycles. The van der Waals surface area contributed by atoms with Crippen molar-refractivity contribution in [2.45, 2.75) is 13.5 Å². The number of nitro groups is 1. The number of nitrogens with zero attached hydrogens (tertiary/aromatic N) is 4. The van der Waals surface area contributed by atoms with E-state index in [1.165, 1.54) is 12.3 Å². The van der Waals surface area contributed by atoms with Crippen LogP contribution < -0.4 is 4.90 Å². The smallest absolute Gasteiger partial charge is 0.287 e. The van der Waals surface area contributed by atoms with Gasteiger partial charge in [0.05, 0.1) is 4.92 Å². The molecule has 2 aromatic rings. The summed E-state index contributed by atoms with van der Waals surface area (Å²) in [6.07, 6.45) is 4.75. The quantitative estimate of drug-likeness (QED) is 0.621. The first kappa shape index (κ1) is 12.9. The van der Waals surface area contributed by atoms with E-state index in [0.29, 0.717) is 6.54 Å². The van der Waals surface area contributed by atoms with Crippen LogP contribution in [0.3, 0.4) is 0 Å². The second-order valence-corrected chi connectivity index (χ2v) is 4.30. The van der Waals surface area contributed by atoms with E-state index in [1.54, 1.807) is 12.4 Å². The number of aromatic nitrogens is 2. The Morgan fingerprint density at radius 2 is 2.05 bits per heavy atom. The molecule has 0 N–H and O–H groups in total. The lowest BCUT2D eigenvalue weighted by Crippen LogP contribution is -2.18. The monoisotopic (exact) mass is 258 g/mol. The maximum Gasteiger partial charge on any atom is 0.287 e. The van der Waals surface area contributed by atoms with Crippen molar-refractivity contribution in [2.75, 3.05) is 11.9 Å². The second kappa shape index (κ2) is 5.43. The Bertz CT molecular complexity index is 586. The SMILES string of the molecule is Cc1cc([N+](=O)[O-])cnc1N(C)Cc1ccncc1. The largest absolute Gasteiger partial charge is 0.355 e. The minimum absolute atomic E-state index is 0.0126. The highest BCUT2D eigenvalue weighted by Crippen LogP contribution is 2.21. The van der Waals surface area contributed by atoms with Gasteiger partial charge in [-0.2, -0.15) is 0 Å². The first-order valence-corrected chi connectivity index (χ1v) is 5.79. The Balaban J connectivity index is 2.20. The predicted octanol–water partition coefficient (Wildman–Crippen LogP) is 2.33. The summed E-state index contributed by atoms with van der Waals surface area (Å²) >= 11 is 0. The van der Waals surface area contributed by atoms with E-state index in [4.69, 9.17) is 0 Å². The van der Waals surface area contributed by atoms with Gasteiger partial charge in [-0.1, -0.05) is 0 Å². The molecule has 0 radical (unpaired) electrons. The molecule has 19 heavy (non-hydrogen) atoms. The van der Waals surface area contributed by atoms with Crippen LogP contribution in [0.4, 0.5) is 11.5 Å². The normalized spacial score (nSPS) is 10.2. The van der Waals surface area contributed by atoms with Gasteiger partial charge in [0.15, 0.2) is 0 Å². The molecule has 0 amide bonds. The number of hydrogen-bond donors (Lipinski definition) is 0. The van der Waals surface area contributed by atoms with E-state index < -0.39 is 4.92 Å². The molecule has 0 atom stereocenters. The van der Waals surface area contributed by atoms with Gasteiger partial charge >= 0.3 is 0 Å². The van der Waals surface area contributed by atoms with Crippen molar-refractivity contribution in [1.29, 1.82) is 0 Å². The van der Waals surface area contributed by atoms with Crippen LogP contribution in [0, 0.1) is 17.0 Å². The number of hydrogen-bond acceptors (Lipinski definition) is 5. The third kappa shape index (κ3) is 3.04. The first-order valence-electron chi connectivity index (χ1n) is 5.79. The Kier molecular flexibility index (Phi) is 3.70. The minimum atomic E-state index is -0.438. The van der Waals surface area contributed by atoms with Crippen molar-refractivity contribution < 1.29 is 4.92 Å². The highest BCUT2D eigenvalue weighted by atomic mass is 16.6. The Labute approximate surface area is 110 Å². The van der Waals surface area contributed by atoms with Crippen LogP contribution in [0.25, 0.3) is 0 Å². The predicted molar refractivity (Wildman–Crippen MR) is 72.0 cm³/mol. The number of pyridine rings is 2. The van der Waals surface area contributed by atoms with Crippen LogP contribution in [0.1, 0.15) is 11.1 Å². The lowest BCUT2D eigenvalue weighted by Gasteiger charge is -2.19. The minimum Gasteiger partial charge on any atom is -0.355 e. The lowest BCUT2D eigenvalue weighted by molar-refractivity contribution is -0.385. The molecule has 98 valence electrons. The fourth-order valence-corrected chi connectivity index (χ4v) is 1.89. The molecule has 0 aliphatic rings. The van der Waals surface area contributed by atoms with Gasteiger partial charge in [0.1, 0.15) is 12.0 Å². The van der Waals surface area contributed by atoms with E-state index >= 15 is 0 Å². The van der Waals surface area contributed by atoms with Crippen molar-refractivity contribution in [3.63, 3.8) is 0 Å². The second-order valence-electron chi connectivity index (χ2n) is 4.30. The van der Waals surface area contributed by atoms with E-state index in [-0.39, 0.29) is 5.69 Å². The van der Waals surface area contributed by atoms with Gasteiger partial charge in [0, 0.05) is 32.1 Å².